The van der Waals surface area contributed by atoms with Crippen LogP contribution in [0.2, 0.25) is 0 Å². The third kappa shape index (κ3) is 5.08. The number of anilines is 1. The molecule has 3 aromatic rings. The fraction of sp³-hybridized carbons (Fsp3) is 0.261. The van der Waals surface area contributed by atoms with Gasteiger partial charge in [0.1, 0.15) is 6.04 Å². The molecule has 0 fully saturated rings. The van der Waals surface area contributed by atoms with Gasteiger partial charge in [-0.15, -0.1) is 0 Å². The van der Waals surface area contributed by atoms with E-state index in [1.807, 2.05) is 42.5 Å². The lowest BCUT2D eigenvalue weighted by molar-refractivity contribution is -0.122. The van der Waals surface area contributed by atoms with Crippen molar-refractivity contribution < 1.29 is 22.7 Å². The summed E-state index contributed by atoms with van der Waals surface area (Å²) in [5.41, 5.74) is 1.24. The van der Waals surface area contributed by atoms with Gasteiger partial charge in [0.25, 0.3) is 0 Å². The van der Waals surface area contributed by atoms with Crippen molar-refractivity contribution in [3.8, 4) is 11.5 Å². The van der Waals surface area contributed by atoms with Gasteiger partial charge in [0, 0.05) is 12.6 Å². The lowest BCUT2D eigenvalue weighted by Crippen LogP contribution is -2.47. The van der Waals surface area contributed by atoms with E-state index in [1.165, 1.54) is 20.3 Å². The molecule has 0 heterocycles. The Morgan fingerprint density at radius 3 is 2.29 bits per heavy atom. The normalized spacial score (nSPS) is 12.3. The molecular formula is C23H26N2O5S. The summed E-state index contributed by atoms with van der Waals surface area (Å²) in [6.45, 7) is 1.84. The fourth-order valence-corrected chi connectivity index (χ4v) is 4.62. The molecule has 0 unspecified atom stereocenters. The number of fused-ring (bicyclic) bond motifs is 1. The van der Waals surface area contributed by atoms with E-state index < -0.39 is 22.0 Å². The van der Waals surface area contributed by atoms with Crippen LogP contribution in [0.25, 0.3) is 10.8 Å². The van der Waals surface area contributed by atoms with Crippen molar-refractivity contribution in [3.05, 3.63) is 66.2 Å². The van der Waals surface area contributed by atoms with E-state index in [2.05, 4.69) is 5.32 Å². The molecule has 8 heteroatoms. The average molecular weight is 443 g/mol. The van der Waals surface area contributed by atoms with E-state index in [-0.39, 0.29) is 6.54 Å². The van der Waals surface area contributed by atoms with Crippen LogP contribution in [0.3, 0.4) is 0 Å². The summed E-state index contributed by atoms with van der Waals surface area (Å²) in [5.74, 6) is 0.430. The monoisotopic (exact) mass is 442 g/mol. The lowest BCUT2D eigenvalue weighted by Gasteiger charge is -2.28. The Morgan fingerprint density at radius 1 is 0.968 bits per heavy atom. The Kier molecular flexibility index (Phi) is 6.70. The van der Waals surface area contributed by atoms with E-state index in [0.29, 0.717) is 17.2 Å². The zero-order valence-corrected chi connectivity index (χ0v) is 18.8. The smallest absolute Gasteiger partial charge is 0.243 e. The van der Waals surface area contributed by atoms with Crippen LogP contribution in [0.15, 0.2) is 60.7 Å². The number of nitrogens with one attached hydrogen (secondary N) is 1. The number of rotatable bonds is 8. The quantitative estimate of drug-likeness (QED) is 0.578. The van der Waals surface area contributed by atoms with Crippen LogP contribution in [-0.2, 0) is 21.4 Å². The molecule has 0 aliphatic rings. The Labute approximate surface area is 182 Å². The molecule has 1 atom stereocenters. The highest BCUT2D eigenvalue weighted by Gasteiger charge is 2.29. The second-order valence-corrected chi connectivity index (χ2v) is 9.03. The number of hydrogen-bond donors (Lipinski definition) is 1. The van der Waals surface area contributed by atoms with Gasteiger partial charge in [0.05, 0.1) is 26.2 Å². The number of ether oxygens (including phenoxy) is 2. The third-order valence-corrected chi connectivity index (χ3v) is 6.23. The molecule has 1 amide bonds. The molecule has 0 spiro atoms. The Morgan fingerprint density at radius 2 is 1.65 bits per heavy atom. The fourth-order valence-electron chi connectivity index (χ4n) is 3.46. The van der Waals surface area contributed by atoms with E-state index in [9.17, 15) is 13.2 Å². The molecule has 0 radical (unpaired) electrons. The molecule has 3 aromatic carbocycles. The minimum atomic E-state index is -3.74. The summed E-state index contributed by atoms with van der Waals surface area (Å²) in [5, 5.41) is 5.02. The lowest BCUT2D eigenvalue weighted by atomic mass is 10.1. The minimum Gasteiger partial charge on any atom is -0.493 e. The number of sulfonamides is 1. The zero-order valence-electron chi connectivity index (χ0n) is 18.0. The predicted octanol–water partition coefficient (Wildman–Crippen LogP) is 3.33. The van der Waals surface area contributed by atoms with Crippen LogP contribution < -0.4 is 19.1 Å². The summed E-state index contributed by atoms with van der Waals surface area (Å²) >= 11 is 0. The molecule has 164 valence electrons. The highest BCUT2D eigenvalue weighted by molar-refractivity contribution is 7.92. The molecule has 0 aliphatic carbocycles. The van der Waals surface area contributed by atoms with Crippen molar-refractivity contribution in [2.75, 3.05) is 24.8 Å². The van der Waals surface area contributed by atoms with Gasteiger partial charge >= 0.3 is 0 Å². The number of hydrogen-bond acceptors (Lipinski definition) is 5. The standard InChI is InChI=1S/C23H26N2O5S/c1-16(23(26)24-15-17-9-10-18-7-5-6-8-19(18)13-17)25(31(4,27)28)20-11-12-21(29-2)22(14-20)30-3/h5-14,16H,15H2,1-4H3,(H,24,26)/t16-/m0/s1. The predicted molar refractivity (Wildman–Crippen MR) is 122 cm³/mol. The van der Waals surface area contributed by atoms with Gasteiger partial charge in [-0.05, 0) is 41.5 Å². The molecule has 3 rings (SSSR count). The highest BCUT2D eigenvalue weighted by Crippen LogP contribution is 2.33. The van der Waals surface area contributed by atoms with Crippen molar-refractivity contribution in [1.82, 2.24) is 5.32 Å². The van der Waals surface area contributed by atoms with Crippen LogP contribution in [0.1, 0.15) is 12.5 Å². The van der Waals surface area contributed by atoms with Crippen LogP contribution in [0.4, 0.5) is 5.69 Å². The number of amides is 1. The molecule has 0 saturated carbocycles. The molecule has 31 heavy (non-hydrogen) atoms. The van der Waals surface area contributed by atoms with Gasteiger partial charge in [-0.2, -0.15) is 0 Å². The van der Waals surface area contributed by atoms with E-state index >= 15 is 0 Å². The van der Waals surface area contributed by atoms with Gasteiger partial charge in [-0.1, -0.05) is 36.4 Å². The molecule has 1 N–H and O–H groups in total. The highest BCUT2D eigenvalue weighted by atomic mass is 32.2. The van der Waals surface area contributed by atoms with Gasteiger partial charge in [0.15, 0.2) is 11.5 Å². The van der Waals surface area contributed by atoms with Crippen LogP contribution >= 0.6 is 0 Å². The molecule has 0 bridgehead atoms. The number of benzene rings is 3. The Bertz CT molecular complexity index is 1190. The maximum atomic E-state index is 12.8. The minimum absolute atomic E-state index is 0.289. The van der Waals surface area contributed by atoms with Gasteiger partial charge in [-0.25, -0.2) is 8.42 Å². The topological polar surface area (TPSA) is 84.9 Å². The Hall–Kier alpha value is -3.26. The summed E-state index contributed by atoms with van der Waals surface area (Å²) in [4.78, 5) is 12.8. The third-order valence-electron chi connectivity index (χ3n) is 4.99. The van der Waals surface area contributed by atoms with E-state index in [0.717, 1.165) is 26.9 Å². The van der Waals surface area contributed by atoms with Crippen LogP contribution in [-0.4, -0.2) is 40.8 Å². The van der Waals surface area contributed by atoms with Gasteiger partial charge in [0.2, 0.25) is 15.9 Å². The average Bonchev–Trinajstić information content (AvgIpc) is 2.76. The molecule has 0 aromatic heterocycles. The van der Waals surface area contributed by atoms with Gasteiger partial charge in [-0.3, -0.25) is 9.10 Å². The number of methoxy groups -OCH3 is 2. The zero-order chi connectivity index (χ0) is 22.6. The summed E-state index contributed by atoms with van der Waals surface area (Å²) in [7, 11) is -0.783. The first kappa shape index (κ1) is 22.4. The SMILES string of the molecule is COc1ccc(N([C@@H](C)C(=O)NCc2ccc3ccccc3c2)S(C)(=O)=O)cc1OC. The summed E-state index contributed by atoms with van der Waals surface area (Å²) in [6.07, 6.45) is 1.07. The number of carbonyl (C=O) groups is 1. The first-order chi connectivity index (χ1) is 14.7. The number of nitrogens with zero attached hydrogens (tertiary/aromatic N) is 1. The molecule has 0 saturated heterocycles. The maximum Gasteiger partial charge on any atom is 0.243 e. The molecular weight excluding hydrogens is 416 g/mol. The number of carbonyl (C=O) groups excluding carboxylic acids is 1. The van der Waals surface area contributed by atoms with Gasteiger partial charge < -0.3 is 14.8 Å². The van der Waals surface area contributed by atoms with Crippen LogP contribution in [0, 0.1) is 0 Å². The van der Waals surface area contributed by atoms with E-state index in [4.69, 9.17) is 9.47 Å². The van der Waals surface area contributed by atoms with Crippen LogP contribution in [0.5, 0.6) is 11.5 Å². The second-order valence-electron chi connectivity index (χ2n) is 7.17. The second kappa shape index (κ2) is 9.26. The largest absolute Gasteiger partial charge is 0.493 e. The maximum absolute atomic E-state index is 12.8. The van der Waals surface area contributed by atoms with Crippen molar-refractivity contribution in [1.29, 1.82) is 0 Å². The summed E-state index contributed by atoms with van der Waals surface area (Å²) < 4.78 is 36.6. The summed E-state index contributed by atoms with van der Waals surface area (Å²) in [6, 6.07) is 17.6. The van der Waals surface area contributed by atoms with Crippen molar-refractivity contribution in [3.63, 3.8) is 0 Å². The van der Waals surface area contributed by atoms with Crippen molar-refractivity contribution in [2.24, 2.45) is 0 Å². The molecule has 7 nitrogen and oxygen atoms in total. The molecule has 0 aliphatic heterocycles. The van der Waals surface area contributed by atoms with Crippen molar-refractivity contribution in [2.45, 2.75) is 19.5 Å². The first-order valence-electron chi connectivity index (χ1n) is 9.71. The van der Waals surface area contributed by atoms with Crippen molar-refractivity contribution >= 4 is 32.4 Å². The Balaban J connectivity index is 1.81. The first-order valence-corrected chi connectivity index (χ1v) is 11.6. The van der Waals surface area contributed by atoms with E-state index in [1.54, 1.807) is 19.1 Å².